The first-order chi connectivity index (χ1) is 13.5. The normalized spacial score (nSPS) is 12.1. The zero-order valence-corrected chi connectivity index (χ0v) is 18.1. The molecule has 0 atom stereocenters. The summed E-state index contributed by atoms with van der Waals surface area (Å²) in [5.74, 6) is -0.509. The molecule has 2 rings (SSSR count). The molecule has 158 valence electrons. The highest BCUT2D eigenvalue weighted by atomic mass is 32.2. The summed E-state index contributed by atoms with van der Waals surface area (Å²) in [4.78, 5) is 12.9. The number of aryl methyl sites for hydroxylation is 1. The first-order valence-electron chi connectivity index (χ1n) is 9.38. The van der Waals surface area contributed by atoms with Crippen molar-refractivity contribution in [3.63, 3.8) is 0 Å². The van der Waals surface area contributed by atoms with E-state index >= 15 is 0 Å². The lowest BCUT2D eigenvalue weighted by Crippen LogP contribution is -2.42. The van der Waals surface area contributed by atoms with Crippen LogP contribution in [0.15, 0.2) is 47.4 Å². The number of anilines is 1. The second kappa shape index (κ2) is 8.92. The predicted molar refractivity (Wildman–Crippen MR) is 111 cm³/mol. The number of hydrogen-bond acceptors (Lipinski definition) is 4. The second-order valence-corrected chi connectivity index (χ2v) is 9.02. The van der Waals surface area contributed by atoms with E-state index < -0.39 is 27.3 Å². The van der Waals surface area contributed by atoms with Gasteiger partial charge in [-0.05, 0) is 62.7 Å². The molecule has 0 spiro atoms. The highest BCUT2D eigenvalue weighted by molar-refractivity contribution is 7.89. The largest absolute Gasteiger partial charge is 0.478 e. The molecular weight excluding hydrogens is 395 g/mol. The molecule has 0 unspecified atom stereocenters. The van der Waals surface area contributed by atoms with Crippen molar-refractivity contribution in [2.75, 3.05) is 18.4 Å². The molecule has 0 saturated heterocycles. The van der Waals surface area contributed by atoms with Crippen molar-refractivity contribution >= 4 is 21.6 Å². The smallest absolute Gasteiger partial charge is 0.267 e. The van der Waals surface area contributed by atoms with Crippen LogP contribution < -0.4 is 10.1 Å². The third kappa shape index (κ3) is 5.33. The van der Waals surface area contributed by atoms with E-state index in [4.69, 9.17) is 4.74 Å². The highest BCUT2D eigenvalue weighted by Crippen LogP contribution is 2.25. The average Bonchev–Trinajstić information content (AvgIpc) is 2.65. The summed E-state index contributed by atoms with van der Waals surface area (Å²) in [6.07, 6.45) is 0. The Hall–Kier alpha value is -2.45. The van der Waals surface area contributed by atoms with Gasteiger partial charge < -0.3 is 10.1 Å². The number of carbonyl (C=O) groups excluding carboxylic acids is 1. The van der Waals surface area contributed by atoms with Gasteiger partial charge in [0.25, 0.3) is 5.91 Å². The van der Waals surface area contributed by atoms with Crippen LogP contribution in [-0.2, 0) is 14.8 Å². The third-order valence-electron chi connectivity index (χ3n) is 4.53. The van der Waals surface area contributed by atoms with Crippen molar-refractivity contribution in [2.24, 2.45) is 0 Å². The Morgan fingerprint density at radius 2 is 1.69 bits per heavy atom. The first-order valence-corrected chi connectivity index (χ1v) is 10.8. The van der Waals surface area contributed by atoms with Gasteiger partial charge in [-0.3, -0.25) is 4.79 Å². The van der Waals surface area contributed by atoms with Crippen molar-refractivity contribution in [3.05, 3.63) is 53.8 Å². The van der Waals surface area contributed by atoms with Crippen LogP contribution in [0.1, 0.15) is 33.3 Å². The number of benzene rings is 2. The molecule has 0 aliphatic carbocycles. The van der Waals surface area contributed by atoms with Crippen LogP contribution in [-0.4, -0.2) is 37.3 Å². The van der Waals surface area contributed by atoms with Crippen molar-refractivity contribution in [2.45, 2.75) is 45.1 Å². The van der Waals surface area contributed by atoms with Crippen molar-refractivity contribution in [1.82, 2.24) is 4.31 Å². The number of nitrogens with one attached hydrogen (secondary N) is 1. The van der Waals surface area contributed by atoms with E-state index in [1.807, 2.05) is 0 Å². The van der Waals surface area contributed by atoms with Gasteiger partial charge in [-0.25, -0.2) is 12.8 Å². The molecule has 0 aliphatic rings. The van der Waals surface area contributed by atoms with Crippen molar-refractivity contribution in [1.29, 1.82) is 0 Å². The summed E-state index contributed by atoms with van der Waals surface area (Å²) in [5, 5.41) is 2.75. The molecule has 0 saturated carbocycles. The SMILES string of the molecule is CCN(CC)S(=O)(=O)c1ccc(C)c(NC(=O)C(C)(C)Oc2ccc(F)cc2)c1. The lowest BCUT2D eigenvalue weighted by molar-refractivity contribution is -0.128. The summed E-state index contributed by atoms with van der Waals surface area (Å²) in [6.45, 7) is 9.19. The zero-order chi connectivity index (χ0) is 21.8. The monoisotopic (exact) mass is 422 g/mol. The molecule has 2 aromatic rings. The summed E-state index contributed by atoms with van der Waals surface area (Å²) >= 11 is 0. The fourth-order valence-corrected chi connectivity index (χ4v) is 4.21. The standard InChI is InChI=1S/C21H27FN2O4S/c1-6-24(7-2)29(26,27)18-13-8-15(3)19(14-18)23-20(25)21(4,5)28-17-11-9-16(22)10-12-17/h8-14H,6-7H2,1-5H3,(H,23,25). The van der Waals surface area contributed by atoms with Gasteiger partial charge in [-0.2, -0.15) is 4.31 Å². The fourth-order valence-electron chi connectivity index (χ4n) is 2.73. The minimum atomic E-state index is -3.65. The minimum absolute atomic E-state index is 0.111. The number of amides is 1. The van der Waals surface area contributed by atoms with Crippen LogP contribution >= 0.6 is 0 Å². The quantitative estimate of drug-likeness (QED) is 0.699. The Balaban J connectivity index is 2.26. The Labute approximate surface area is 171 Å². The number of sulfonamides is 1. The molecular formula is C21H27FN2O4S. The zero-order valence-electron chi connectivity index (χ0n) is 17.3. The maximum Gasteiger partial charge on any atom is 0.267 e. The minimum Gasteiger partial charge on any atom is -0.478 e. The number of halogens is 1. The fraction of sp³-hybridized carbons (Fsp3) is 0.381. The first kappa shape index (κ1) is 22.8. The number of carbonyl (C=O) groups is 1. The van der Waals surface area contributed by atoms with E-state index in [1.54, 1.807) is 40.7 Å². The molecule has 6 nitrogen and oxygen atoms in total. The van der Waals surface area contributed by atoms with E-state index in [0.717, 1.165) is 5.56 Å². The lowest BCUT2D eigenvalue weighted by atomic mass is 10.1. The molecule has 0 radical (unpaired) electrons. The second-order valence-electron chi connectivity index (χ2n) is 7.09. The summed E-state index contributed by atoms with van der Waals surface area (Å²) in [5.41, 5.74) is -0.161. The lowest BCUT2D eigenvalue weighted by Gasteiger charge is -2.26. The van der Waals surface area contributed by atoms with Gasteiger partial charge in [-0.1, -0.05) is 19.9 Å². The summed E-state index contributed by atoms with van der Waals surface area (Å²) in [6, 6.07) is 10.00. The molecule has 1 N–H and O–H groups in total. The average molecular weight is 423 g/mol. The Kier molecular flexibility index (Phi) is 7.02. The molecule has 0 aromatic heterocycles. The van der Waals surface area contributed by atoms with Crippen molar-refractivity contribution in [3.8, 4) is 5.75 Å². The van der Waals surface area contributed by atoms with E-state index in [1.165, 1.54) is 40.7 Å². The summed E-state index contributed by atoms with van der Waals surface area (Å²) in [7, 11) is -3.65. The molecule has 8 heteroatoms. The molecule has 2 aromatic carbocycles. The van der Waals surface area contributed by atoms with Crippen LogP contribution in [0, 0.1) is 12.7 Å². The van der Waals surface area contributed by atoms with Crippen LogP contribution in [0.4, 0.5) is 10.1 Å². The van der Waals surface area contributed by atoms with E-state index in [2.05, 4.69) is 5.32 Å². The van der Waals surface area contributed by atoms with Crippen LogP contribution in [0.3, 0.4) is 0 Å². The van der Waals surface area contributed by atoms with Crippen LogP contribution in [0.5, 0.6) is 5.75 Å². The van der Waals surface area contributed by atoms with E-state index in [-0.39, 0.29) is 4.90 Å². The van der Waals surface area contributed by atoms with Gasteiger partial charge in [0.2, 0.25) is 10.0 Å². The number of rotatable bonds is 8. The highest BCUT2D eigenvalue weighted by Gasteiger charge is 2.31. The Morgan fingerprint density at radius 1 is 1.10 bits per heavy atom. The Bertz CT molecular complexity index is 969. The maximum atomic E-state index is 13.1. The van der Waals surface area contributed by atoms with E-state index in [0.29, 0.717) is 24.5 Å². The van der Waals surface area contributed by atoms with Gasteiger partial charge in [0.15, 0.2) is 5.60 Å². The van der Waals surface area contributed by atoms with Crippen LogP contribution in [0.2, 0.25) is 0 Å². The maximum absolute atomic E-state index is 13.1. The van der Waals surface area contributed by atoms with Gasteiger partial charge in [0, 0.05) is 18.8 Å². The van der Waals surface area contributed by atoms with Gasteiger partial charge >= 0.3 is 0 Å². The predicted octanol–water partition coefficient (Wildman–Crippen LogP) is 3.96. The Morgan fingerprint density at radius 3 is 2.24 bits per heavy atom. The topological polar surface area (TPSA) is 75.7 Å². The molecule has 0 fully saturated rings. The molecule has 1 amide bonds. The van der Waals surface area contributed by atoms with Crippen molar-refractivity contribution < 1.29 is 22.3 Å². The van der Waals surface area contributed by atoms with Gasteiger partial charge in [-0.15, -0.1) is 0 Å². The third-order valence-corrected chi connectivity index (χ3v) is 6.58. The molecule has 0 aliphatic heterocycles. The number of ether oxygens (including phenoxy) is 1. The molecule has 0 bridgehead atoms. The molecule has 0 heterocycles. The summed E-state index contributed by atoms with van der Waals surface area (Å²) < 4.78 is 45.6. The van der Waals surface area contributed by atoms with Gasteiger partial charge in [0.1, 0.15) is 11.6 Å². The number of nitrogens with zero attached hydrogens (tertiary/aromatic N) is 1. The van der Waals surface area contributed by atoms with Crippen LogP contribution in [0.25, 0.3) is 0 Å². The van der Waals surface area contributed by atoms with E-state index in [9.17, 15) is 17.6 Å². The molecule has 29 heavy (non-hydrogen) atoms. The van der Waals surface area contributed by atoms with Gasteiger partial charge in [0.05, 0.1) is 4.90 Å². The number of hydrogen-bond donors (Lipinski definition) is 1.